The fourth-order valence-corrected chi connectivity index (χ4v) is 2.61. The van der Waals surface area contributed by atoms with Crippen molar-refractivity contribution in [2.75, 3.05) is 13.3 Å². The maximum atomic E-state index is 6.00. The molecule has 18 heavy (non-hydrogen) atoms. The number of aliphatic imine (C=N–C) groups is 1. The Bertz CT molecular complexity index is 452. The van der Waals surface area contributed by atoms with Crippen LogP contribution in [-0.2, 0) is 6.54 Å². The van der Waals surface area contributed by atoms with E-state index in [1.165, 1.54) is 28.9 Å². The number of nitrogens with zero attached hydrogens (tertiary/aromatic N) is 2. The summed E-state index contributed by atoms with van der Waals surface area (Å²) >= 11 is 1.76. The predicted molar refractivity (Wildman–Crippen MR) is 79.1 cm³/mol. The summed E-state index contributed by atoms with van der Waals surface area (Å²) < 4.78 is 0. The predicted octanol–water partition coefficient (Wildman–Crippen LogP) is 2.63. The van der Waals surface area contributed by atoms with Crippen LogP contribution in [0.2, 0.25) is 0 Å². The lowest BCUT2D eigenvalue weighted by Crippen LogP contribution is -2.35. The zero-order chi connectivity index (χ0) is 13.1. The van der Waals surface area contributed by atoms with E-state index in [1.807, 2.05) is 7.05 Å². The number of thioether (sulfide) groups is 1. The lowest BCUT2D eigenvalue weighted by atomic mass is 10.1. The Morgan fingerprint density at radius 1 is 1.50 bits per heavy atom. The third kappa shape index (κ3) is 3.19. The molecule has 0 atom stereocenters. The van der Waals surface area contributed by atoms with Gasteiger partial charge in [0.2, 0.25) is 0 Å². The smallest absolute Gasteiger partial charge is 0.191 e. The van der Waals surface area contributed by atoms with Gasteiger partial charge in [-0.3, -0.25) is 0 Å². The van der Waals surface area contributed by atoms with Crippen molar-refractivity contribution in [1.29, 1.82) is 0 Å². The molecule has 0 heterocycles. The first-order valence-corrected chi connectivity index (χ1v) is 7.50. The lowest BCUT2D eigenvalue weighted by Gasteiger charge is -2.17. The molecule has 98 valence electrons. The third-order valence-electron chi connectivity index (χ3n) is 3.31. The van der Waals surface area contributed by atoms with Gasteiger partial charge in [0.15, 0.2) is 5.96 Å². The Morgan fingerprint density at radius 2 is 2.22 bits per heavy atom. The van der Waals surface area contributed by atoms with E-state index in [9.17, 15) is 0 Å². The zero-order valence-electron chi connectivity index (χ0n) is 11.3. The van der Waals surface area contributed by atoms with E-state index in [2.05, 4.69) is 41.3 Å². The molecule has 0 amide bonds. The summed E-state index contributed by atoms with van der Waals surface area (Å²) in [4.78, 5) is 7.88. The quantitative estimate of drug-likeness (QED) is 0.516. The summed E-state index contributed by atoms with van der Waals surface area (Å²) in [5.41, 5.74) is 8.53. The third-order valence-corrected chi connectivity index (χ3v) is 4.13. The van der Waals surface area contributed by atoms with E-state index in [4.69, 9.17) is 5.73 Å². The molecule has 1 aliphatic rings. The Balaban J connectivity index is 2.06. The van der Waals surface area contributed by atoms with Crippen LogP contribution in [0.3, 0.4) is 0 Å². The summed E-state index contributed by atoms with van der Waals surface area (Å²) in [6.07, 6.45) is 4.59. The number of hydrogen-bond donors (Lipinski definition) is 1. The molecule has 1 aromatic rings. The van der Waals surface area contributed by atoms with Crippen molar-refractivity contribution in [3.63, 3.8) is 0 Å². The maximum absolute atomic E-state index is 6.00. The summed E-state index contributed by atoms with van der Waals surface area (Å²) in [6, 6.07) is 7.10. The minimum absolute atomic E-state index is 0.617. The first-order valence-electron chi connectivity index (χ1n) is 6.28. The second-order valence-electron chi connectivity index (χ2n) is 4.83. The minimum Gasteiger partial charge on any atom is -0.370 e. The molecule has 0 saturated heterocycles. The Kier molecular flexibility index (Phi) is 4.17. The molecule has 0 aliphatic heterocycles. The van der Waals surface area contributed by atoms with Crippen LogP contribution >= 0.6 is 11.8 Å². The van der Waals surface area contributed by atoms with Crippen LogP contribution in [0.5, 0.6) is 0 Å². The highest BCUT2D eigenvalue weighted by Crippen LogP contribution is 2.25. The molecular formula is C14H21N3S. The number of hydrogen-bond acceptors (Lipinski definition) is 2. The fraction of sp³-hybridized carbons (Fsp3) is 0.500. The van der Waals surface area contributed by atoms with Gasteiger partial charge in [0.1, 0.15) is 0 Å². The SMILES string of the molecule is CSc1cc(C)ccc1CN=C(N)N(C)C1CC1. The van der Waals surface area contributed by atoms with E-state index in [0.29, 0.717) is 18.5 Å². The molecule has 0 unspecified atom stereocenters. The summed E-state index contributed by atoms with van der Waals surface area (Å²) in [5, 5.41) is 0. The minimum atomic E-state index is 0.617. The molecule has 1 aliphatic carbocycles. The summed E-state index contributed by atoms with van der Waals surface area (Å²) in [6.45, 7) is 2.78. The normalized spacial score (nSPS) is 15.8. The van der Waals surface area contributed by atoms with Crippen molar-refractivity contribution in [3.8, 4) is 0 Å². The molecule has 4 heteroatoms. The van der Waals surface area contributed by atoms with Crippen molar-refractivity contribution >= 4 is 17.7 Å². The van der Waals surface area contributed by atoms with Crippen molar-refractivity contribution in [1.82, 2.24) is 4.90 Å². The van der Waals surface area contributed by atoms with Gasteiger partial charge in [-0.25, -0.2) is 4.99 Å². The van der Waals surface area contributed by atoms with Crippen molar-refractivity contribution in [2.45, 2.75) is 37.2 Å². The van der Waals surface area contributed by atoms with Crippen LogP contribution < -0.4 is 5.73 Å². The standard InChI is InChI=1S/C14H21N3S/c1-10-4-5-11(13(8-10)18-3)9-16-14(15)17(2)12-6-7-12/h4-5,8,12H,6-7,9H2,1-3H3,(H2,15,16). The van der Waals surface area contributed by atoms with E-state index < -0.39 is 0 Å². The number of guanidine groups is 1. The summed E-state index contributed by atoms with van der Waals surface area (Å²) in [7, 11) is 2.03. The van der Waals surface area contributed by atoms with E-state index in [0.717, 1.165) is 0 Å². The molecule has 2 N–H and O–H groups in total. The summed E-state index contributed by atoms with van der Waals surface area (Å²) in [5.74, 6) is 0.658. The first kappa shape index (κ1) is 13.3. The average molecular weight is 263 g/mol. The van der Waals surface area contributed by atoms with Crippen molar-refractivity contribution in [2.24, 2.45) is 10.7 Å². The van der Waals surface area contributed by atoms with Crippen LogP contribution in [0.15, 0.2) is 28.1 Å². The van der Waals surface area contributed by atoms with Gasteiger partial charge in [-0.1, -0.05) is 12.1 Å². The van der Waals surface area contributed by atoms with Crippen LogP contribution in [0, 0.1) is 6.92 Å². The number of nitrogens with two attached hydrogens (primary N) is 1. The molecular weight excluding hydrogens is 242 g/mol. The zero-order valence-corrected chi connectivity index (χ0v) is 12.1. The highest BCUT2D eigenvalue weighted by Gasteiger charge is 2.27. The van der Waals surface area contributed by atoms with Crippen LogP contribution in [-0.4, -0.2) is 30.2 Å². The highest BCUT2D eigenvalue weighted by molar-refractivity contribution is 7.98. The Morgan fingerprint density at radius 3 is 2.83 bits per heavy atom. The van der Waals surface area contributed by atoms with Gasteiger partial charge in [-0.15, -0.1) is 11.8 Å². The van der Waals surface area contributed by atoms with Gasteiger partial charge in [0, 0.05) is 18.0 Å². The molecule has 1 fully saturated rings. The monoisotopic (exact) mass is 263 g/mol. The topological polar surface area (TPSA) is 41.6 Å². The largest absolute Gasteiger partial charge is 0.370 e. The molecule has 0 spiro atoms. The molecule has 0 aromatic heterocycles. The van der Waals surface area contributed by atoms with Crippen molar-refractivity contribution < 1.29 is 0 Å². The van der Waals surface area contributed by atoms with Crippen LogP contribution in [0.25, 0.3) is 0 Å². The van der Waals surface area contributed by atoms with E-state index >= 15 is 0 Å². The molecule has 0 bridgehead atoms. The van der Waals surface area contributed by atoms with Gasteiger partial charge < -0.3 is 10.6 Å². The van der Waals surface area contributed by atoms with E-state index in [1.54, 1.807) is 11.8 Å². The number of benzene rings is 1. The highest BCUT2D eigenvalue weighted by atomic mass is 32.2. The Labute approximate surface area is 113 Å². The lowest BCUT2D eigenvalue weighted by molar-refractivity contribution is 0.487. The molecule has 0 radical (unpaired) electrons. The van der Waals surface area contributed by atoms with Crippen LogP contribution in [0.1, 0.15) is 24.0 Å². The van der Waals surface area contributed by atoms with Gasteiger partial charge in [0.05, 0.1) is 6.54 Å². The fourth-order valence-electron chi connectivity index (χ4n) is 1.91. The molecule has 1 aromatic carbocycles. The maximum Gasteiger partial charge on any atom is 0.191 e. The van der Waals surface area contributed by atoms with Gasteiger partial charge in [0.25, 0.3) is 0 Å². The van der Waals surface area contributed by atoms with Crippen LogP contribution in [0.4, 0.5) is 0 Å². The Hall–Kier alpha value is -1.16. The molecule has 1 saturated carbocycles. The van der Waals surface area contributed by atoms with Crippen molar-refractivity contribution in [3.05, 3.63) is 29.3 Å². The van der Waals surface area contributed by atoms with Gasteiger partial charge in [-0.05, 0) is 43.2 Å². The number of rotatable bonds is 4. The van der Waals surface area contributed by atoms with Gasteiger partial charge >= 0.3 is 0 Å². The molecule has 3 nitrogen and oxygen atoms in total. The first-order chi connectivity index (χ1) is 8.61. The molecule has 2 rings (SSSR count). The number of aryl methyl sites for hydroxylation is 1. The second-order valence-corrected chi connectivity index (χ2v) is 5.68. The van der Waals surface area contributed by atoms with Gasteiger partial charge in [-0.2, -0.15) is 0 Å². The van der Waals surface area contributed by atoms with E-state index in [-0.39, 0.29) is 0 Å². The second kappa shape index (κ2) is 5.65. The average Bonchev–Trinajstić information content (AvgIpc) is 3.20.